The minimum absolute atomic E-state index is 0.0489. The van der Waals surface area contributed by atoms with Crippen molar-refractivity contribution in [2.45, 2.75) is 32.4 Å². The average Bonchev–Trinajstić information content (AvgIpc) is 2.91. The second-order valence-electron chi connectivity index (χ2n) is 6.29. The summed E-state index contributed by atoms with van der Waals surface area (Å²) in [7, 11) is 0. The minimum Gasteiger partial charge on any atom is -0.377 e. The van der Waals surface area contributed by atoms with E-state index in [2.05, 4.69) is 19.2 Å². The Kier molecular flexibility index (Phi) is 3.10. The second kappa shape index (κ2) is 4.71. The quantitative estimate of drug-likeness (QED) is 0.682. The van der Waals surface area contributed by atoms with Gasteiger partial charge in [0.2, 0.25) is 0 Å². The van der Waals surface area contributed by atoms with Crippen molar-refractivity contribution >= 4 is 11.4 Å². The van der Waals surface area contributed by atoms with Crippen LogP contribution in [0.1, 0.15) is 25.8 Å². The number of hydrogen-bond donors (Lipinski definition) is 1. The monoisotopic (exact) mass is 287 g/mol. The van der Waals surface area contributed by atoms with Crippen LogP contribution in [0.15, 0.2) is 18.2 Å². The molecule has 1 heterocycles. The van der Waals surface area contributed by atoms with E-state index >= 15 is 0 Å². The van der Waals surface area contributed by atoms with Gasteiger partial charge in [-0.2, -0.15) is 5.26 Å². The summed E-state index contributed by atoms with van der Waals surface area (Å²) < 4.78 is 5.73. The van der Waals surface area contributed by atoms with Crippen LogP contribution in [0.25, 0.3) is 0 Å². The number of nitriles is 1. The van der Waals surface area contributed by atoms with Gasteiger partial charge in [0.15, 0.2) is 0 Å². The molecular weight excluding hydrogens is 270 g/mol. The van der Waals surface area contributed by atoms with E-state index < -0.39 is 4.92 Å². The van der Waals surface area contributed by atoms with Crippen LogP contribution in [0.4, 0.5) is 11.4 Å². The molecule has 6 heteroatoms. The van der Waals surface area contributed by atoms with E-state index in [-0.39, 0.29) is 23.2 Å². The van der Waals surface area contributed by atoms with Gasteiger partial charge in [0.25, 0.3) is 5.69 Å². The van der Waals surface area contributed by atoms with Crippen LogP contribution < -0.4 is 5.32 Å². The van der Waals surface area contributed by atoms with E-state index in [9.17, 15) is 10.1 Å². The van der Waals surface area contributed by atoms with Crippen molar-refractivity contribution in [2.24, 2.45) is 11.3 Å². The Morgan fingerprint density at radius 3 is 2.95 bits per heavy atom. The fourth-order valence-corrected chi connectivity index (χ4v) is 3.66. The van der Waals surface area contributed by atoms with E-state index in [1.54, 1.807) is 12.1 Å². The molecule has 1 aliphatic carbocycles. The largest absolute Gasteiger partial charge is 0.377 e. The number of hydrogen-bond acceptors (Lipinski definition) is 5. The van der Waals surface area contributed by atoms with E-state index in [1.165, 1.54) is 6.07 Å². The molecule has 1 aromatic rings. The summed E-state index contributed by atoms with van der Waals surface area (Å²) in [6, 6.07) is 6.62. The summed E-state index contributed by atoms with van der Waals surface area (Å²) in [6.07, 6.45) is 1.21. The molecule has 3 rings (SSSR count). The summed E-state index contributed by atoms with van der Waals surface area (Å²) in [4.78, 5) is 10.8. The predicted octanol–water partition coefficient (Wildman–Crippen LogP) is 2.69. The normalized spacial score (nSPS) is 29.1. The number of nitrogens with zero attached hydrogens (tertiary/aromatic N) is 2. The third-order valence-corrected chi connectivity index (χ3v) is 4.74. The number of fused-ring (bicyclic) bond motifs is 1. The van der Waals surface area contributed by atoms with Crippen molar-refractivity contribution in [2.75, 3.05) is 11.9 Å². The first kappa shape index (κ1) is 13.8. The average molecular weight is 287 g/mol. The van der Waals surface area contributed by atoms with Gasteiger partial charge in [0.1, 0.15) is 5.69 Å². The Morgan fingerprint density at radius 2 is 2.29 bits per heavy atom. The first-order valence-electron chi connectivity index (χ1n) is 7.02. The topological polar surface area (TPSA) is 88.2 Å². The zero-order chi connectivity index (χ0) is 15.2. The molecule has 2 fully saturated rings. The van der Waals surface area contributed by atoms with Gasteiger partial charge in [0, 0.05) is 30.0 Å². The lowest BCUT2D eigenvalue weighted by Gasteiger charge is -2.54. The molecule has 3 atom stereocenters. The van der Waals surface area contributed by atoms with Crippen molar-refractivity contribution in [1.82, 2.24) is 0 Å². The predicted molar refractivity (Wildman–Crippen MR) is 76.9 cm³/mol. The first-order chi connectivity index (χ1) is 9.95. The molecule has 1 saturated heterocycles. The van der Waals surface area contributed by atoms with Crippen molar-refractivity contribution in [3.05, 3.63) is 33.9 Å². The highest BCUT2D eigenvalue weighted by atomic mass is 16.6. The summed E-state index contributed by atoms with van der Waals surface area (Å²) in [5.41, 5.74) is 0.667. The van der Waals surface area contributed by atoms with E-state index in [4.69, 9.17) is 10.00 Å². The fourth-order valence-electron chi connectivity index (χ4n) is 3.66. The van der Waals surface area contributed by atoms with Crippen LogP contribution in [0, 0.1) is 32.8 Å². The lowest BCUT2D eigenvalue weighted by Crippen LogP contribution is -2.63. The fraction of sp³-hybridized carbons (Fsp3) is 0.533. The van der Waals surface area contributed by atoms with Gasteiger partial charge in [-0.25, -0.2) is 0 Å². The smallest absolute Gasteiger partial charge is 0.293 e. The number of benzene rings is 1. The molecule has 0 amide bonds. The van der Waals surface area contributed by atoms with Crippen molar-refractivity contribution in [3.8, 4) is 6.07 Å². The second-order valence-corrected chi connectivity index (χ2v) is 6.29. The Hall–Kier alpha value is -2.13. The van der Waals surface area contributed by atoms with Gasteiger partial charge < -0.3 is 10.1 Å². The summed E-state index contributed by atoms with van der Waals surface area (Å²) in [5, 5.41) is 23.4. The number of ether oxygens (including phenoxy) is 1. The Bertz CT molecular complexity index is 636. The Morgan fingerprint density at radius 1 is 1.52 bits per heavy atom. The number of rotatable bonds is 3. The van der Waals surface area contributed by atoms with Crippen molar-refractivity contribution < 1.29 is 9.66 Å². The SMILES string of the molecule is CC1(C)C(Nc2ccc(C#N)cc2[N+](=O)[O-])C2CCOC21. The highest BCUT2D eigenvalue weighted by Gasteiger charge is 2.59. The van der Waals surface area contributed by atoms with Crippen molar-refractivity contribution in [1.29, 1.82) is 5.26 Å². The lowest BCUT2D eigenvalue weighted by atomic mass is 9.57. The Labute approximate surface area is 122 Å². The molecule has 0 radical (unpaired) electrons. The van der Waals surface area contributed by atoms with Gasteiger partial charge >= 0.3 is 0 Å². The summed E-state index contributed by atoms with van der Waals surface area (Å²) >= 11 is 0. The molecular formula is C15H17N3O3. The number of nitro benzene ring substituents is 1. The standard InChI is InChI=1S/C15H17N3O3/c1-15(2)13(10-5-6-21-14(10)15)17-11-4-3-9(8-16)7-12(11)18(19)20/h3-4,7,10,13-14,17H,5-6H2,1-2H3. The van der Waals surface area contributed by atoms with Gasteiger partial charge in [-0.15, -0.1) is 0 Å². The van der Waals surface area contributed by atoms with E-state index in [0.717, 1.165) is 13.0 Å². The van der Waals surface area contributed by atoms with Crippen LogP contribution in [0.5, 0.6) is 0 Å². The molecule has 1 saturated carbocycles. The molecule has 1 N–H and O–H groups in total. The third-order valence-electron chi connectivity index (χ3n) is 4.74. The van der Waals surface area contributed by atoms with Gasteiger partial charge in [-0.1, -0.05) is 13.8 Å². The minimum atomic E-state index is -0.447. The molecule has 110 valence electrons. The molecule has 3 unspecified atom stereocenters. The molecule has 0 spiro atoms. The molecule has 1 aromatic carbocycles. The molecule has 0 bridgehead atoms. The maximum atomic E-state index is 11.2. The lowest BCUT2D eigenvalue weighted by molar-refractivity contribution is -0.384. The van der Waals surface area contributed by atoms with Crippen LogP contribution >= 0.6 is 0 Å². The molecule has 2 aliphatic rings. The van der Waals surface area contributed by atoms with Crippen LogP contribution in [-0.4, -0.2) is 23.7 Å². The highest BCUT2D eigenvalue weighted by Crippen LogP contribution is 2.53. The number of nitro groups is 1. The van der Waals surface area contributed by atoms with Crippen LogP contribution in [0.2, 0.25) is 0 Å². The Balaban J connectivity index is 1.89. The van der Waals surface area contributed by atoms with Gasteiger partial charge in [-0.3, -0.25) is 10.1 Å². The van der Waals surface area contributed by atoms with Crippen LogP contribution in [0.3, 0.4) is 0 Å². The summed E-state index contributed by atoms with van der Waals surface area (Å²) in [6.45, 7) is 4.99. The number of nitrogens with one attached hydrogen (secondary N) is 1. The first-order valence-corrected chi connectivity index (χ1v) is 7.02. The molecule has 0 aromatic heterocycles. The van der Waals surface area contributed by atoms with Gasteiger partial charge in [0.05, 0.1) is 22.7 Å². The summed E-state index contributed by atoms with van der Waals surface area (Å²) in [5.74, 6) is 0.398. The maximum absolute atomic E-state index is 11.2. The van der Waals surface area contributed by atoms with Gasteiger partial charge in [-0.05, 0) is 18.6 Å². The van der Waals surface area contributed by atoms with E-state index in [0.29, 0.717) is 17.2 Å². The molecule has 6 nitrogen and oxygen atoms in total. The zero-order valence-corrected chi connectivity index (χ0v) is 12.0. The molecule has 1 aliphatic heterocycles. The number of anilines is 1. The highest BCUT2D eigenvalue weighted by molar-refractivity contribution is 5.65. The molecule has 21 heavy (non-hydrogen) atoms. The third kappa shape index (κ3) is 2.05. The van der Waals surface area contributed by atoms with E-state index in [1.807, 2.05) is 6.07 Å². The maximum Gasteiger partial charge on any atom is 0.293 e. The van der Waals surface area contributed by atoms with Crippen molar-refractivity contribution in [3.63, 3.8) is 0 Å². The zero-order valence-electron chi connectivity index (χ0n) is 12.0. The van der Waals surface area contributed by atoms with Crippen LogP contribution in [-0.2, 0) is 4.74 Å².